The molecule has 7 N–H and O–H groups in total. The van der Waals surface area contributed by atoms with Crippen molar-refractivity contribution in [3.8, 4) is 0 Å². The van der Waals surface area contributed by atoms with E-state index in [1.165, 1.54) is 24.3 Å². The molecule has 0 aromatic heterocycles. The fourth-order valence-electron chi connectivity index (χ4n) is 1.20. The van der Waals surface area contributed by atoms with E-state index in [1.807, 2.05) is 0 Å². The van der Waals surface area contributed by atoms with Crippen LogP contribution >= 0.6 is 0 Å². The van der Waals surface area contributed by atoms with Crippen LogP contribution in [0.5, 0.6) is 0 Å². The zero-order valence-electron chi connectivity index (χ0n) is 8.42. The number of nitrogens with two attached hydrogens (primary N) is 2. The van der Waals surface area contributed by atoms with Crippen LogP contribution in [0.4, 0.5) is 0 Å². The average molecular weight is 223 g/mol. The highest BCUT2D eigenvalue weighted by molar-refractivity contribution is 5.94. The monoisotopic (exact) mass is 223 g/mol. The molecule has 16 heavy (non-hydrogen) atoms. The van der Waals surface area contributed by atoms with Gasteiger partial charge >= 0.3 is 0 Å². The van der Waals surface area contributed by atoms with Crippen LogP contribution in [0, 0.1) is 5.41 Å². The number of hydrogen-bond donors (Lipinski definition) is 5. The van der Waals surface area contributed by atoms with Crippen LogP contribution in [-0.2, 0) is 4.79 Å². The van der Waals surface area contributed by atoms with E-state index >= 15 is 0 Å². The van der Waals surface area contributed by atoms with Gasteiger partial charge in [0.15, 0.2) is 6.10 Å². The van der Waals surface area contributed by atoms with Gasteiger partial charge in [-0.05, 0) is 5.56 Å². The molecule has 2 atom stereocenters. The molecule has 1 aromatic carbocycles. The third-order valence-corrected chi connectivity index (χ3v) is 2.15. The van der Waals surface area contributed by atoms with E-state index in [4.69, 9.17) is 16.9 Å². The summed E-state index contributed by atoms with van der Waals surface area (Å²) in [5, 5.41) is 25.9. The Bertz CT molecular complexity index is 402. The van der Waals surface area contributed by atoms with Crippen molar-refractivity contribution in [1.29, 1.82) is 5.41 Å². The van der Waals surface area contributed by atoms with Gasteiger partial charge in [0.2, 0.25) is 5.91 Å². The summed E-state index contributed by atoms with van der Waals surface area (Å²) in [4.78, 5) is 10.6. The molecule has 1 aromatic rings. The number of rotatable bonds is 4. The van der Waals surface area contributed by atoms with Crippen LogP contribution in [-0.4, -0.2) is 28.1 Å². The second-order valence-corrected chi connectivity index (χ2v) is 3.33. The predicted molar refractivity (Wildman–Crippen MR) is 57.6 cm³/mol. The van der Waals surface area contributed by atoms with E-state index in [2.05, 4.69) is 0 Å². The highest BCUT2D eigenvalue weighted by Crippen LogP contribution is 2.17. The lowest BCUT2D eigenvalue weighted by molar-refractivity contribution is -0.131. The number of benzene rings is 1. The number of nitrogens with one attached hydrogen (secondary N) is 1. The van der Waals surface area contributed by atoms with Crippen LogP contribution in [0.3, 0.4) is 0 Å². The second-order valence-electron chi connectivity index (χ2n) is 3.33. The van der Waals surface area contributed by atoms with Crippen LogP contribution in [0.2, 0.25) is 0 Å². The van der Waals surface area contributed by atoms with Gasteiger partial charge < -0.3 is 21.7 Å². The van der Waals surface area contributed by atoms with Gasteiger partial charge in [0.05, 0.1) is 0 Å². The summed E-state index contributed by atoms with van der Waals surface area (Å²) >= 11 is 0. The summed E-state index contributed by atoms with van der Waals surface area (Å²) in [5.41, 5.74) is 10.9. The summed E-state index contributed by atoms with van der Waals surface area (Å²) in [7, 11) is 0. The first-order chi connectivity index (χ1) is 7.43. The Labute approximate surface area is 92.0 Å². The lowest BCUT2D eigenvalue weighted by atomic mass is 10.0. The van der Waals surface area contributed by atoms with Gasteiger partial charge in [-0.3, -0.25) is 10.2 Å². The Kier molecular flexibility index (Phi) is 3.60. The summed E-state index contributed by atoms with van der Waals surface area (Å²) < 4.78 is 0. The minimum Gasteiger partial charge on any atom is -0.385 e. The largest absolute Gasteiger partial charge is 0.385 e. The lowest BCUT2D eigenvalue weighted by Crippen LogP contribution is -2.33. The number of amides is 1. The van der Waals surface area contributed by atoms with Gasteiger partial charge in [-0.25, -0.2) is 0 Å². The van der Waals surface area contributed by atoms with Crippen LogP contribution in [0.15, 0.2) is 24.3 Å². The number of carbonyl (C=O) groups is 1. The van der Waals surface area contributed by atoms with Crippen molar-refractivity contribution in [1.82, 2.24) is 0 Å². The van der Waals surface area contributed by atoms with Gasteiger partial charge in [-0.1, -0.05) is 24.3 Å². The zero-order chi connectivity index (χ0) is 12.3. The van der Waals surface area contributed by atoms with Crippen LogP contribution < -0.4 is 11.5 Å². The van der Waals surface area contributed by atoms with Crippen LogP contribution in [0.25, 0.3) is 0 Å². The number of aliphatic hydroxyl groups is 2. The molecule has 0 aliphatic carbocycles. The lowest BCUT2D eigenvalue weighted by Gasteiger charge is -2.15. The highest BCUT2D eigenvalue weighted by Gasteiger charge is 2.23. The SMILES string of the molecule is N=C(N)c1ccc(C(O)C(O)C(N)=O)cc1. The van der Waals surface area contributed by atoms with Crippen molar-refractivity contribution in [3.63, 3.8) is 0 Å². The molecule has 0 bridgehead atoms. The first-order valence-electron chi connectivity index (χ1n) is 4.53. The topological polar surface area (TPSA) is 133 Å². The van der Waals surface area contributed by atoms with Crippen molar-refractivity contribution < 1.29 is 15.0 Å². The molecule has 1 amide bonds. The van der Waals surface area contributed by atoms with E-state index in [9.17, 15) is 15.0 Å². The Morgan fingerprint density at radius 3 is 2.06 bits per heavy atom. The number of carbonyl (C=O) groups excluding carboxylic acids is 1. The molecular formula is C10H13N3O3. The molecule has 0 radical (unpaired) electrons. The molecule has 2 unspecified atom stereocenters. The highest BCUT2D eigenvalue weighted by atomic mass is 16.3. The smallest absolute Gasteiger partial charge is 0.249 e. The van der Waals surface area contributed by atoms with E-state index in [1.54, 1.807) is 0 Å². The minimum absolute atomic E-state index is 0.100. The third kappa shape index (κ3) is 2.56. The van der Waals surface area contributed by atoms with Crippen LogP contribution in [0.1, 0.15) is 17.2 Å². The molecule has 0 heterocycles. The summed E-state index contributed by atoms with van der Waals surface area (Å²) in [5.74, 6) is -1.10. The molecule has 0 aliphatic rings. The molecule has 6 heteroatoms. The molecule has 0 fully saturated rings. The van der Waals surface area contributed by atoms with Crippen molar-refractivity contribution in [3.05, 3.63) is 35.4 Å². The van der Waals surface area contributed by atoms with Crippen molar-refractivity contribution in [2.75, 3.05) is 0 Å². The third-order valence-electron chi connectivity index (χ3n) is 2.15. The Balaban J connectivity index is 2.89. The molecule has 86 valence electrons. The fraction of sp³-hybridized carbons (Fsp3) is 0.200. The van der Waals surface area contributed by atoms with E-state index in [-0.39, 0.29) is 5.84 Å². The standard InChI is InChI=1S/C10H13N3O3/c11-9(12)6-3-1-5(2-4-6)7(14)8(15)10(13)16/h1-4,7-8,14-15H,(H3,11,12)(H2,13,16). The van der Waals surface area contributed by atoms with Crippen molar-refractivity contribution in [2.45, 2.75) is 12.2 Å². The van der Waals surface area contributed by atoms with Crippen molar-refractivity contribution >= 4 is 11.7 Å². The molecule has 6 nitrogen and oxygen atoms in total. The van der Waals surface area contributed by atoms with Crippen molar-refractivity contribution in [2.24, 2.45) is 11.5 Å². The van der Waals surface area contributed by atoms with Gasteiger partial charge in [-0.2, -0.15) is 0 Å². The van der Waals surface area contributed by atoms with E-state index < -0.39 is 18.1 Å². The zero-order valence-corrected chi connectivity index (χ0v) is 8.42. The number of primary amides is 1. The van der Waals surface area contributed by atoms with E-state index in [0.29, 0.717) is 11.1 Å². The molecule has 0 saturated heterocycles. The average Bonchev–Trinajstić information content (AvgIpc) is 2.27. The van der Waals surface area contributed by atoms with Gasteiger partial charge in [0, 0.05) is 5.56 Å². The maximum absolute atomic E-state index is 10.6. The molecule has 0 spiro atoms. The summed E-state index contributed by atoms with van der Waals surface area (Å²) in [6, 6.07) is 5.95. The number of aliphatic hydroxyl groups excluding tert-OH is 2. The summed E-state index contributed by atoms with van der Waals surface area (Å²) in [6.45, 7) is 0. The van der Waals surface area contributed by atoms with Gasteiger partial charge in [-0.15, -0.1) is 0 Å². The fourth-order valence-corrected chi connectivity index (χ4v) is 1.20. The maximum atomic E-state index is 10.6. The van der Waals surface area contributed by atoms with Gasteiger partial charge in [0.25, 0.3) is 0 Å². The normalized spacial score (nSPS) is 14.1. The molecule has 0 saturated carbocycles. The Morgan fingerprint density at radius 2 is 1.69 bits per heavy atom. The second kappa shape index (κ2) is 4.73. The quantitative estimate of drug-likeness (QED) is 0.325. The summed E-state index contributed by atoms with van der Waals surface area (Å²) in [6.07, 6.45) is -3.03. The first kappa shape index (κ1) is 12.2. The molecule has 1 rings (SSSR count). The predicted octanol–water partition coefficient (Wildman–Crippen LogP) is -1.15. The van der Waals surface area contributed by atoms with Gasteiger partial charge in [0.1, 0.15) is 11.9 Å². The minimum atomic E-state index is -1.65. The number of amidine groups is 1. The molecular weight excluding hydrogens is 210 g/mol. The maximum Gasteiger partial charge on any atom is 0.249 e. The number of nitrogen functional groups attached to an aromatic ring is 1. The molecule has 0 aliphatic heterocycles. The Morgan fingerprint density at radius 1 is 1.19 bits per heavy atom. The first-order valence-corrected chi connectivity index (χ1v) is 4.53. The van der Waals surface area contributed by atoms with E-state index in [0.717, 1.165) is 0 Å². The number of hydrogen-bond acceptors (Lipinski definition) is 4. The Hall–Kier alpha value is -1.92.